The van der Waals surface area contributed by atoms with Crippen LogP contribution in [0.15, 0.2) is 82.9 Å². The molecule has 4 aliphatic rings. The molecule has 2 N–H and O–H groups in total. The van der Waals surface area contributed by atoms with Crippen molar-refractivity contribution in [2.75, 3.05) is 19.1 Å². The van der Waals surface area contributed by atoms with Crippen molar-refractivity contribution in [3.8, 4) is 11.5 Å². The van der Waals surface area contributed by atoms with Crippen LogP contribution >= 0.6 is 15.9 Å². The monoisotopic (exact) mass is 683 g/mol. The van der Waals surface area contributed by atoms with Crippen molar-refractivity contribution in [1.29, 1.82) is 0 Å². The predicted octanol–water partition coefficient (Wildman–Crippen LogP) is 5.48. The second-order valence-corrected chi connectivity index (χ2v) is 13.5. The average Bonchev–Trinajstić information content (AvgIpc) is 3.43. The topological polar surface area (TPSA) is 116 Å². The van der Waals surface area contributed by atoms with Gasteiger partial charge in [-0.2, -0.15) is 5.01 Å². The number of phenolic OH excluding ortho intramolecular Hbond substituents is 1. The first-order valence-corrected chi connectivity index (χ1v) is 16.3. The van der Waals surface area contributed by atoms with Gasteiger partial charge in [0.25, 0.3) is 11.8 Å². The fourth-order valence-electron chi connectivity index (χ4n) is 8.44. The average molecular weight is 685 g/mol. The molecule has 2 aliphatic carbocycles. The number of hydrazine groups is 1. The lowest BCUT2D eigenvalue weighted by Gasteiger charge is -2.50. The highest BCUT2D eigenvalue weighted by Crippen LogP contribution is 2.65. The van der Waals surface area contributed by atoms with Gasteiger partial charge in [-0.3, -0.25) is 29.5 Å². The Morgan fingerprint density at radius 3 is 2.37 bits per heavy atom. The molecular formula is C36H34BrN3O6. The van der Waals surface area contributed by atoms with Gasteiger partial charge >= 0.3 is 0 Å². The molecule has 236 valence electrons. The maximum atomic E-state index is 15.2. The predicted molar refractivity (Wildman–Crippen MR) is 174 cm³/mol. The molecular weight excluding hydrogens is 650 g/mol. The van der Waals surface area contributed by atoms with Gasteiger partial charge in [0.05, 0.1) is 36.0 Å². The Kier molecular flexibility index (Phi) is 7.31. The number of hydrogen-bond donors (Lipinski definition) is 2. The number of benzene rings is 3. The van der Waals surface area contributed by atoms with Gasteiger partial charge in [0.15, 0.2) is 11.5 Å². The third-order valence-electron chi connectivity index (χ3n) is 10.4. The second kappa shape index (κ2) is 11.1. The summed E-state index contributed by atoms with van der Waals surface area (Å²) in [5, 5.41) is 12.9. The first-order chi connectivity index (χ1) is 22.1. The Hall–Kier alpha value is -4.44. The van der Waals surface area contributed by atoms with Crippen molar-refractivity contribution < 1.29 is 29.0 Å². The van der Waals surface area contributed by atoms with Gasteiger partial charge < -0.3 is 9.84 Å². The van der Waals surface area contributed by atoms with Crippen molar-refractivity contribution in [1.82, 2.24) is 9.91 Å². The summed E-state index contributed by atoms with van der Waals surface area (Å²) in [6.07, 6.45) is 2.49. The Labute approximate surface area is 275 Å². The number of carbonyl (C=O) groups excluding carboxylic acids is 4. The molecule has 6 atom stereocenters. The van der Waals surface area contributed by atoms with Crippen LogP contribution in [0.3, 0.4) is 0 Å². The number of methoxy groups -OCH3 is 1. The number of carbonyl (C=O) groups is 4. The zero-order valence-electron chi connectivity index (χ0n) is 25.7. The fourth-order valence-corrected chi connectivity index (χ4v) is 8.89. The maximum Gasteiger partial charge on any atom is 0.260 e. The number of anilines is 1. The second-order valence-electron chi connectivity index (χ2n) is 12.6. The molecule has 2 aliphatic heterocycles. The molecule has 4 amide bonds. The van der Waals surface area contributed by atoms with Gasteiger partial charge in [0.1, 0.15) is 0 Å². The van der Waals surface area contributed by atoms with Gasteiger partial charge in [-0.25, -0.2) is 0 Å². The number of amides is 4. The van der Waals surface area contributed by atoms with Gasteiger partial charge in [-0.05, 0) is 62.4 Å². The minimum absolute atomic E-state index is 0.150. The third-order valence-corrected chi connectivity index (χ3v) is 10.9. The summed E-state index contributed by atoms with van der Waals surface area (Å²) in [7, 11) is 1.45. The largest absolute Gasteiger partial charge is 0.504 e. The summed E-state index contributed by atoms with van der Waals surface area (Å²) in [5.74, 6) is -4.74. The highest BCUT2D eigenvalue weighted by atomic mass is 79.9. The summed E-state index contributed by atoms with van der Waals surface area (Å²) in [6, 6.07) is 20.0. The van der Waals surface area contributed by atoms with Crippen molar-refractivity contribution >= 4 is 45.2 Å². The van der Waals surface area contributed by atoms with Crippen molar-refractivity contribution in [3.63, 3.8) is 0 Å². The smallest absolute Gasteiger partial charge is 0.260 e. The zero-order chi connectivity index (χ0) is 32.5. The number of fused-ring (bicyclic) bond motifs is 4. The lowest BCUT2D eigenvalue weighted by Crippen LogP contribution is -2.53. The Balaban J connectivity index is 1.49. The van der Waals surface area contributed by atoms with Gasteiger partial charge in [0, 0.05) is 22.5 Å². The number of likely N-dealkylation sites (tertiary alicyclic amines) is 1. The molecule has 1 saturated carbocycles. The highest BCUT2D eigenvalue weighted by molar-refractivity contribution is 9.10. The van der Waals surface area contributed by atoms with Crippen molar-refractivity contribution in [2.45, 2.75) is 38.0 Å². The van der Waals surface area contributed by atoms with Gasteiger partial charge in [0.2, 0.25) is 11.8 Å². The number of nitrogens with one attached hydrogen (secondary N) is 1. The lowest BCUT2D eigenvalue weighted by atomic mass is 9.49. The molecule has 46 heavy (non-hydrogen) atoms. The lowest BCUT2D eigenvalue weighted by molar-refractivity contribution is -0.141. The van der Waals surface area contributed by atoms with E-state index in [4.69, 9.17) is 4.74 Å². The van der Waals surface area contributed by atoms with E-state index in [1.165, 1.54) is 12.0 Å². The number of aryl methyl sites for hydroxylation is 1. The molecule has 0 aromatic heterocycles. The van der Waals surface area contributed by atoms with Gasteiger partial charge in [-0.15, -0.1) is 0 Å². The Morgan fingerprint density at radius 2 is 1.70 bits per heavy atom. The summed E-state index contributed by atoms with van der Waals surface area (Å²) < 4.78 is 6.17. The number of phenols is 1. The van der Waals surface area contributed by atoms with Crippen LogP contribution in [0, 0.1) is 30.6 Å². The quantitative estimate of drug-likeness (QED) is 0.261. The molecule has 2 saturated heterocycles. The molecule has 10 heteroatoms. The molecule has 3 aromatic carbocycles. The summed E-state index contributed by atoms with van der Waals surface area (Å²) in [6.45, 7) is 4.00. The van der Waals surface area contributed by atoms with Crippen LogP contribution in [-0.4, -0.2) is 52.3 Å². The summed E-state index contributed by atoms with van der Waals surface area (Å²) in [4.78, 5) is 58.3. The van der Waals surface area contributed by atoms with E-state index >= 15 is 4.79 Å². The molecule has 7 rings (SSSR count). The van der Waals surface area contributed by atoms with E-state index in [-0.39, 0.29) is 36.3 Å². The van der Waals surface area contributed by atoms with E-state index in [1.807, 2.05) is 67.6 Å². The van der Waals surface area contributed by atoms with Crippen LogP contribution in [0.25, 0.3) is 0 Å². The van der Waals surface area contributed by atoms with E-state index < -0.39 is 46.8 Å². The van der Waals surface area contributed by atoms with Crippen LogP contribution in [0.4, 0.5) is 5.69 Å². The molecule has 0 radical (unpaired) electrons. The van der Waals surface area contributed by atoms with Crippen molar-refractivity contribution in [2.24, 2.45) is 23.7 Å². The SMILES string of the molecule is CCN1C(=O)C2CC=C3C(CC4C(=O)N(Nc5ccc(C)cc5)C(=O)C4(c4ccccc4)C3c3cc(Br)cc(OC)c3O)C2C1=O. The minimum atomic E-state index is -1.48. The molecule has 3 fully saturated rings. The number of nitrogens with zero attached hydrogens (tertiary/aromatic N) is 2. The van der Waals surface area contributed by atoms with Crippen LogP contribution < -0.4 is 10.2 Å². The van der Waals surface area contributed by atoms with E-state index in [2.05, 4.69) is 21.4 Å². The zero-order valence-corrected chi connectivity index (χ0v) is 27.3. The number of halogens is 1. The first kappa shape index (κ1) is 30.2. The number of allylic oxidation sites excluding steroid dienone is 2. The molecule has 0 bridgehead atoms. The number of aromatic hydroxyl groups is 1. The highest BCUT2D eigenvalue weighted by Gasteiger charge is 2.70. The van der Waals surface area contributed by atoms with Crippen LogP contribution in [0.1, 0.15) is 42.4 Å². The van der Waals surface area contributed by atoms with Crippen LogP contribution in [0.2, 0.25) is 0 Å². The van der Waals surface area contributed by atoms with E-state index in [1.54, 1.807) is 19.1 Å². The van der Waals surface area contributed by atoms with E-state index in [0.717, 1.165) is 16.1 Å². The molecule has 2 heterocycles. The molecule has 9 nitrogen and oxygen atoms in total. The third kappa shape index (κ3) is 4.18. The summed E-state index contributed by atoms with van der Waals surface area (Å²) in [5.41, 5.74) is 5.01. The van der Waals surface area contributed by atoms with E-state index in [9.17, 15) is 19.5 Å². The van der Waals surface area contributed by atoms with Crippen LogP contribution in [0.5, 0.6) is 11.5 Å². The number of ether oxygens (including phenoxy) is 1. The summed E-state index contributed by atoms with van der Waals surface area (Å²) >= 11 is 3.57. The standard InChI is InChI=1S/C36H34BrN3O6/c1-4-39-32(42)24-15-14-23-25(29(24)34(39)44)18-27-33(43)40(38-22-12-10-19(2)11-13-22)35(45)36(27,20-8-6-5-7-9-20)30(23)26-16-21(37)17-28(46-3)31(26)41/h5-14,16-17,24-25,27,29-30,38,41H,4,15,18H2,1-3H3. The number of hydrogen-bond acceptors (Lipinski definition) is 7. The van der Waals surface area contributed by atoms with Crippen molar-refractivity contribution in [3.05, 3.63) is 99.5 Å². The first-order valence-electron chi connectivity index (χ1n) is 15.5. The number of imide groups is 2. The Bertz CT molecular complexity index is 1810. The molecule has 3 aromatic rings. The van der Waals surface area contributed by atoms with Gasteiger partial charge in [-0.1, -0.05) is 75.6 Å². The van der Waals surface area contributed by atoms with E-state index in [0.29, 0.717) is 27.7 Å². The van der Waals surface area contributed by atoms with Crippen LogP contribution in [-0.2, 0) is 24.6 Å². The Morgan fingerprint density at radius 1 is 0.978 bits per heavy atom. The molecule has 0 spiro atoms. The minimum Gasteiger partial charge on any atom is -0.504 e. The molecule has 6 unspecified atom stereocenters. The normalized spacial score (nSPS) is 28.5. The number of rotatable bonds is 6. The fraction of sp³-hybridized carbons (Fsp3) is 0.333. The maximum absolute atomic E-state index is 15.2.